The number of rotatable bonds is 0. The molecule has 1 aliphatic heterocycles. The van der Waals surface area contributed by atoms with E-state index in [0.29, 0.717) is 5.92 Å². The first-order valence-corrected chi connectivity index (χ1v) is 3.62. The minimum atomic E-state index is 0.198. The van der Waals surface area contributed by atoms with Crippen molar-refractivity contribution in [1.82, 2.24) is 0 Å². The van der Waals surface area contributed by atoms with E-state index in [-0.39, 0.29) is 5.44 Å². The molecular weight excluding hydrogens is 120 g/mol. The minimum absolute atomic E-state index is 0.198. The smallest absolute Gasteiger partial charge is 0.102 e. The lowest BCUT2D eigenvalue weighted by molar-refractivity contribution is 0.0382. The van der Waals surface area contributed by atoms with Gasteiger partial charge in [-0.15, -0.1) is 12.6 Å². The molecule has 1 aliphatic rings. The summed E-state index contributed by atoms with van der Waals surface area (Å²) < 4.78 is 5.25. The minimum Gasteiger partial charge on any atom is -0.368 e. The largest absolute Gasteiger partial charge is 0.368 e. The molecule has 0 aromatic heterocycles. The number of hydrogen-bond donors (Lipinski definition) is 1. The van der Waals surface area contributed by atoms with Crippen molar-refractivity contribution in [3.63, 3.8) is 0 Å². The Morgan fingerprint density at radius 3 is 2.75 bits per heavy atom. The SMILES string of the molecule is CC1CCCOC1S. The van der Waals surface area contributed by atoms with Crippen LogP contribution in [0.15, 0.2) is 0 Å². The van der Waals surface area contributed by atoms with Crippen molar-refractivity contribution in [3.05, 3.63) is 0 Å². The van der Waals surface area contributed by atoms with E-state index in [0.717, 1.165) is 6.61 Å². The Balaban J connectivity index is 2.28. The second-order valence-corrected chi connectivity index (χ2v) is 2.89. The van der Waals surface area contributed by atoms with Gasteiger partial charge >= 0.3 is 0 Å². The van der Waals surface area contributed by atoms with Gasteiger partial charge in [0.05, 0.1) is 0 Å². The summed E-state index contributed by atoms with van der Waals surface area (Å²) in [5.74, 6) is 0.645. The molecule has 0 aliphatic carbocycles. The Morgan fingerprint density at radius 1 is 1.62 bits per heavy atom. The van der Waals surface area contributed by atoms with Crippen LogP contribution < -0.4 is 0 Å². The molecule has 0 aromatic carbocycles. The number of hydrogen-bond acceptors (Lipinski definition) is 2. The van der Waals surface area contributed by atoms with Crippen LogP contribution in [0.5, 0.6) is 0 Å². The van der Waals surface area contributed by atoms with Crippen LogP contribution in [0.3, 0.4) is 0 Å². The zero-order valence-corrected chi connectivity index (χ0v) is 6.03. The topological polar surface area (TPSA) is 9.23 Å². The molecule has 0 aromatic rings. The summed E-state index contributed by atoms with van der Waals surface area (Å²) in [6.07, 6.45) is 2.48. The predicted molar refractivity (Wildman–Crippen MR) is 37.1 cm³/mol. The van der Waals surface area contributed by atoms with Crippen molar-refractivity contribution in [2.24, 2.45) is 5.92 Å². The lowest BCUT2D eigenvalue weighted by atomic mass is 10.1. The molecule has 0 bridgehead atoms. The second-order valence-electron chi connectivity index (χ2n) is 2.38. The van der Waals surface area contributed by atoms with E-state index in [1.165, 1.54) is 12.8 Å². The Morgan fingerprint density at radius 2 is 2.38 bits per heavy atom. The van der Waals surface area contributed by atoms with Crippen molar-refractivity contribution in [2.45, 2.75) is 25.2 Å². The first-order valence-electron chi connectivity index (χ1n) is 3.10. The molecule has 48 valence electrons. The van der Waals surface area contributed by atoms with Crippen molar-refractivity contribution in [2.75, 3.05) is 6.61 Å². The molecule has 0 N–H and O–H groups in total. The van der Waals surface area contributed by atoms with Crippen LogP contribution >= 0.6 is 12.6 Å². The molecule has 0 radical (unpaired) electrons. The number of ether oxygens (including phenoxy) is 1. The van der Waals surface area contributed by atoms with Gasteiger partial charge in [0, 0.05) is 6.61 Å². The summed E-state index contributed by atoms with van der Waals surface area (Å²) in [4.78, 5) is 0. The van der Waals surface area contributed by atoms with Crippen LogP contribution in [0.4, 0.5) is 0 Å². The first kappa shape index (κ1) is 6.43. The summed E-state index contributed by atoms with van der Waals surface area (Å²) in [5, 5.41) is 0. The molecule has 0 spiro atoms. The first-order chi connectivity index (χ1) is 3.80. The molecule has 0 amide bonds. The average Bonchev–Trinajstić information content (AvgIpc) is 1.77. The maximum Gasteiger partial charge on any atom is 0.102 e. The Labute approximate surface area is 55.8 Å². The summed E-state index contributed by atoms with van der Waals surface area (Å²) in [5.41, 5.74) is 0.198. The Hall–Kier alpha value is 0.310. The lowest BCUT2D eigenvalue weighted by Crippen LogP contribution is -2.21. The van der Waals surface area contributed by atoms with Crippen LogP contribution in [0.2, 0.25) is 0 Å². The molecule has 2 atom stereocenters. The maximum absolute atomic E-state index is 5.25. The zero-order valence-electron chi connectivity index (χ0n) is 5.13. The third-order valence-electron chi connectivity index (χ3n) is 1.58. The third-order valence-corrected chi connectivity index (χ3v) is 2.24. The fourth-order valence-corrected chi connectivity index (χ4v) is 1.17. The van der Waals surface area contributed by atoms with Gasteiger partial charge in [0.2, 0.25) is 0 Å². The van der Waals surface area contributed by atoms with Crippen LogP contribution in [0.1, 0.15) is 19.8 Å². The van der Waals surface area contributed by atoms with Gasteiger partial charge in [0.25, 0.3) is 0 Å². The highest BCUT2D eigenvalue weighted by Gasteiger charge is 2.17. The van der Waals surface area contributed by atoms with Gasteiger partial charge in [-0.1, -0.05) is 6.92 Å². The summed E-state index contributed by atoms with van der Waals surface area (Å²) in [6, 6.07) is 0. The van der Waals surface area contributed by atoms with Crippen LogP contribution in [-0.4, -0.2) is 12.0 Å². The normalized spacial score (nSPS) is 39.8. The van der Waals surface area contributed by atoms with E-state index in [1.54, 1.807) is 0 Å². The third kappa shape index (κ3) is 1.39. The molecular formula is C6H12OS. The predicted octanol–water partition coefficient (Wildman–Crippen LogP) is 1.69. The van der Waals surface area contributed by atoms with Crippen LogP contribution in [0, 0.1) is 5.92 Å². The van der Waals surface area contributed by atoms with Crippen molar-refractivity contribution in [1.29, 1.82) is 0 Å². The van der Waals surface area contributed by atoms with E-state index in [1.807, 2.05) is 0 Å². The van der Waals surface area contributed by atoms with Crippen LogP contribution in [0.25, 0.3) is 0 Å². The highest BCUT2D eigenvalue weighted by molar-refractivity contribution is 7.80. The monoisotopic (exact) mass is 132 g/mol. The highest BCUT2D eigenvalue weighted by Crippen LogP contribution is 2.21. The Kier molecular flexibility index (Phi) is 2.20. The molecule has 8 heavy (non-hydrogen) atoms. The lowest BCUT2D eigenvalue weighted by Gasteiger charge is -2.24. The van der Waals surface area contributed by atoms with Gasteiger partial charge in [-0.3, -0.25) is 0 Å². The molecule has 2 heteroatoms. The summed E-state index contributed by atoms with van der Waals surface area (Å²) >= 11 is 4.23. The second kappa shape index (κ2) is 2.74. The van der Waals surface area contributed by atoms with Gasteiger partial charge in [-0.05, 0) is 18.8 Å². The van der Waals surface area contributed by atoms with Crippen molar-refractivity contribution < 1.29 is 4.74 Å². The summed E-state index contributed by atoms with van der Waals surface area (Å²) in [6.45, 7) is 3.08. The van der Waals surface area contributed by atoms with Gasteiger partial charge in [-0.25, -0.2) is 0 Å². The fraction of sp³-hybridized carbons (Fsp3) is 1.00. The van der Waals surface area contributed by atoms with Crippen molar-refractivity contribution >= 4 is 12.6 Å². The standard InChI is InChI=1S/C6H12OS/c1-5-3-2-4-7-6(5)8/h5-6,8H,2-4H2,1H3. The molecule has 1 saturated heterocycles. The van der Waals surface area contributed by atoms with Crippen molar-refractivity contribution in [3.8, 4) is 0 Å². The number of thiol groups is 1. The summed E-state index contributed by atoms with van der Waals surface area (Å²) in [7, 11) is 0. The molecule has 1 nitrogen and oxygen atoms in total. The Bertz CT molecular complexity index is 64.9. The molecule has 2 unspecified atom stereocenters. The molecule has 1 heterocycles. The van der Waals surface area contributed by atoms with E-state index >= 15 is 0 Å². The van der Waals surface area contributed by atoms with Gasteiger partial charge in [-0.2, -0.15) is 0 Å². The average molecular weight is 132 g/mol. The fourth-order valence-electron chi connectivity index (χ4n) is 0.916. The quantitative estimate of drug-likeness (QED) is 0.493. The molecule has 1 rings (SSSR count). The van der Waals surface area contributed by atoms with E-state index in [4.69, 9.17) is 4.74 Å². The van der Waals surface area contributed by atoms with E-state index < -0.39 is 0 Å². The van der Waals surface area contributed by atoms with E-state index in [2.05, 4.69) is 19.6 Å². The highest BCUT2D eigenvalue weighted by atomic mass is 32.1. The van der Waals surface area contributed by atoms with Gasteiger partial charge in [0.15, 0.2) is 0 Å². The van der Waals surface area contributed by atoms with Gasteiger partial charge in [0.1, 0.15) is 5.44 Å². The van der Waals surface area contributed by atoms with Crippen LogP contribution in [-0.2, 0) is 4.74 Å². The van der Waals surface area contributed by atoms with Gasteiger partial charge < -0.3 is 4.74 Å². The zero-order chi connectivity index (χ0) is 5.98. The maximum atomic E-state index is 5.25. The molecule has 0 saturated carbocycles. The molecule has 1 fully saturated rings. The van der Waals surface area contributed by atoms with E-state index in [9.17, 15) is 0 Å².